The lowest BCUT2D eigenvalue weighted by Crippen LogP contribution is -2.45. The summed E-state index contributed by atoms with van der Waals surface area (Å²) >= 11 is 1.97. The second-order valence-corrected chi connectivity index (χ2v) is 5.71. The van der Waals surface area contributed by atoms with Crippen LogP contribution >= 0.6 is 11.8 Å². The molecule has 0 aromatic heterocycles. The number of thioether (sulfide) groups is 1. The molecule has 0 radical (unpaired) electrons. The van der Waals surface area contributed by atoms with Gasteiger partial charge in [0.2, 0.25) is 5.91 Å². The largest absolute Gasteiger partial charge is 0.352 e. The monoisotopic (exact) mass is 230 g/mol. The van der Waals surface area contributed by atoms with E-state index in [4.69, 9.17) is 0 Å². The highest BCUT2D eigenvalue weighted by Crippen LogP contribution is 2.08. The highest BCUT2D eigenvalue weighted by atomic mass is 32.2. The van der Waals surface area contributed by atoms with Crippen molar-refractivity contribution in [3.8, 4) is 0 Å². The molecule has 0 bridgehead atoms. The summed E-state index contributed by atoms with van der Waals surface area (Å²) in [6.07, 6.45) is 0. The molecule has 0 saturated carbocycles. The van der Waals surface area contributed by atoms with Crippen molar-refractivity contribution in [1.82, 2.24) is 10.2 Å². The molecule has 1 amide bonds. The van der Waals surface area contributed by atoms with Gasteiger partial charge in [0.25, 0.3) is 0 Å². The highest BCUT2D eigenvalue weighted by Gasteiger charge is 2.16. The number of amides is 1. The molecule has 1 fully saturated rings. The normalized spacial score (nSPS) is 20.3. The third kappa shape index (κ3) is 4.89. The first-order chi connectivity index (χ1) is 7.09. The maximum atomic E-state index is 11.7. The number of nitrogens with one attached hydrogen (secondary N) is 1. The zero-order valence-electron chi connectivity index (χ0n) is 9.95. The van der Waals surface area contributed by atoms with E-state index in [-0.39, 0.29) is 11.9 Å². The Morgan fingerprint density at radius 2 is 1.93 bits per heavy atom. The number of nitrogens with zero attached hydrogens (tertiary/aromatic N) is 1. The molecule has 1 aliphatic rings. The molecule has 88 valence electrons. The lowest BCUT2D eigenvalue weighted by Gasteiger charge is -2.26. The maximum Gasteiger partial charge on any atom is 0.234 e. The van der Waals surface area contributed by atoms with Crippen molar-refractivity contribution >= 4 is 17.7 Å². The van der Waals surface area contributed by atoms with Gasteiger partial charge in [-0.05, 0) is 12.8 Å². The third-order valence-corrected chi connectivity index (χ3v) is 3.80. The van der Waals surface area contributed by atoms with E-state index in [2.05, 4.69) is 31.0 Å². The Balaban J connectivity index is 2.22. The topological polar surface area (TPSA) is 32.3 Å². The number of carbonyl (C=O) groups is 1. The second kappa shape index (κ2) is 6.38. The molecule has 0 unspecified atom stereocenters. The predicted molar refractivity (Wildman–Crippen MR) is 66.2 cm³/mol. The first kappa shape index (κ1) is 12.8. The summed E-state index contributed by atoms with van der Waals surface area (Å²) in [7, 11) is 0. The summed E-state index contributed by atoms with van der Waals surface area (Å²) in [5.41, 5.74) is 0. The number of carbonyl (C=O) groups excluding carboxylic acids is 1. The van der Waals surface area contributed by atoms with E-state index in [1.54, 1.807) is 0 Å². The van der Waals surface area contributed by atoms with Gasteiger partial charge in [-0.25, -0.2) is 0 Å². The summed E-state index contributed by atoms with van der Waals surface area (Å²) < 4.78 is 0. The van der Waals surface area contributed by atoms with Crippen molar-refractivity contribution < 1.29 is 4.79 Å². The molecular formula is C11H22N2OS. The minimum absolute atomic E-state index is 0.170. The van der Waals surface area contributed by atoms with Crippen LogP contribution in [0.1, 0.15) is 20.8 Å². The van der Waals surface area contributed by atoms with Gasteiger partial charge in [-0.2, -0.15) is 11.8 Å². The van der Waals surface area contributed by atoms with Crippen LogP contribution in [0.4, 0.5) is 0 Å². The van der Waals surface area contributed by atoms with Crippen LogP contribution in [0.5, 0.6) is 0 Å². The van der Waals surface area contributed by atoms with Crippen LogP contribution in [0.2, 0.25) is 0 Å². The van der Waals surface area contributed by atoms with E-state index in [0.29, 0.717) is 12.5 Å². The lowest BCUT2D eigenvalue weighted by atomic mass is 10.1. The van der Waals surface area contributed by atoms with E-state index < -0.39 is 0 Å². The summed E-state index contributed by atoms with van der Waals surface area (Å²) in [5.74, 6) is 2.99. The first-order valence-corrected chi connectivity index (χ1v) is 6.84. The minimum atomic E-state index is 0.170. The molecule has 1 N–H and O–H groups in total. The molecule has 1 aliphatic heterocycles. The average Bonchev–Trinajstić information content (AvgIpc) is 2.18. The van der Waals surface area contributed by atoms with Crippen molar-refractivity contribution in [2.45, 2.75) is 26.8 Å². The van der Waals surface area contributed by atoms with E-state index in [9.17, 15) is 4.79 Å². The van der Waals surface area contributed by atoms with Crippen LogP contribution in [-0.2, 0) is 4.79 Å². The number of rotatable bonds is 4. The standard InChI is InChI=1S/C11H22N2OS/c1-9(2)10(3)12-11(14)8-13-4-6-15-7-5-13/h9-10H,4-8H2,1-3H3,(H,12,14)/t10-/m0/s1. The average molecular weight is 230 g/mol. The van der Waals surface area contributed by atoms with Crippen LogP contribution < -0.4 is 5.32 Å². The van der Waals surface area contributed by atoms with Gasteiger partial charge in [-0.15, -0.1) is 0 Å². The van der Waals surface area contributed by atoms with E-state index in [0.717, 1.165) is 24.6 Å². The predicted octanol–water partition coefficient (Wildman–Crippen LogP) is 1.20. The summed E-state index contributed by atoms with van der Waals surface area (Å²) in [5, 5.41) is 3.04. The molecule has 3 nitrogen and oxygen atoms in total. The van der Waals surface area contributed by atoms with Crippen molar-refractivity contribution in [1.29, 1.82) is 0 Å². The Kier molecular flexibility index (Phi) is 5.47. The second-order valence-electron chi connectivity index (χ2n) is 4.49. The molecule has 15 heavy (non-hydrogen) atoms. The zero-order chi connectivity index (χ0) is 11.3. The van der Waals surface area contributed by atoms with E-state index >= 15 is 0 Å². The van der Waals surface area contributed by atoms with Crippen LogP contribution in [0.3, 0.4) is 0 Å². The van der Waals surface area contributed by atoms with Gasteiger partial charge in [0.05, 0.1) is 6.54 Å². The molecule has 0 spiro atoms. The van der Waals surface area contributed by atoms with E-state index in [1.165, 1.54) is 0 Å². The number of hydrogen-bond acceptors (Lipinski definition) is 3. The van der Waals surface area contributed by atoms with Crippen LogP contribution in [0.25, 0.3) is 0 Å². The molecule has 1 atom stereocenters. The van der Waals surface area contributed by atoms with Crippen molar-refractivity contribution in [3.05, 3.63) is 0 Å². The van der Waals surface area contributed by atoms with Gasteiger partial charge in [0.1, 0.15) is 0 Å². The summed E-state index contributed by atoms with van der Waals surface area (Å²) in [4.78, 5) is 13.9. The molecule has 1 rings (SSSR count). The van der Waals surface area contributed by atoms with Gasteiger partial charge in [0.15, 0.2) is 0 Å². The molecule has 0 aromatic carbocycles. The fourth-order valence-electron chi connectivity index (χ4n) is 1.43. The van der Waals surface area contributed by atoms with Gasteiger partial charge in [-0.1, -0.05) is 13.8 Å². The third-order valence-electron chi connectivity index (χ3n) is 2.86. The van der Waals surface area contributed by atoms with Crippen LogP contribution in [-0.4, -0.2) is 48.0 Å². The Morgan fingerprint density at radius 1 is 1.33 bits per heavy atom. The fourth-order valence-corrected chi connectivity index (χ4v) is 2.41. The smallest absolute Gasteiger partial charge is 0.234 e. The number of hydrogen-bond donors (Lipinski definition) is 1. The zero-order valence-corrected chi connectivity index (χ0v) is 10.8. The molecule has 1 saturated heterocycles. The fraction of sp³-hybridized carbons (Fsp3) is 0.909. The molecular weight excluding hydrogens is 208 g/mol. The minimum Gasteiger partial charge on any atom is -0.352 e. The Hall–Kier alpha value is -0.220. The van der Waals surface area contributed by atoms with Crippen LogP contribution in [0, 0.1) is 5.92 Å². The lowest BCUT2D eigenvalue weighted by molar-refractivity contribution is -0.123. The van der Waals surface area contributed by atoms with Crippen LogP contribution in [0.15, 0.2) is 0 Å². The van der Waals surface area contributed by atoms with Crippen molar-refractivity contribution in [2.75, 3.05) is 31.1 Å². The first-order valence-electron chi connectivity index (χ1n) is 5.69. The Bertz CT molecular complexity index is 203. The van der Waals surface area contributed by atoms with E-state index in [1.807, 2.05) is 11.8 Å². The SMILES string of the molecule is CC(C)[C@H](C)NC(=O)CN1CCSCC1. The quantitative estimate of drug-likeness (QED) is 0.787. The molecule has 4 heteroatoms. The highest BCUT2D eigenvalue weighted by molar-refractivity contribution is 7.99. The van der Waals surface area contributed by atoms with Gasteiger partial charge < -0.3 is 5.32 Å². The summed E-state index contributed by atoms with van der Waals surface area (Å²) in [6.45, 7) is 8.99. The maximum absolute atomic E-state index is 11.7. The summed E-state index contributed by atoms with van der Waals surface area (Å²) in [6, 6.07) is 0.275. The molecule has 0 aromatic rings. The Labute approximate surface area is 97.0 Å². The molecule has 1 heterocycles. The van der Waals surface area contributed by atoms with Gasteiger partial charge >= 0.3 is 0 Å². The Morgan fingerprint density at radius 3 is 2.47 bits per heavy atom. The van der Waals surface area contributed by atoms with Crippen molar-refractivity contribution in [2.24, 2.45) is 5.92 Å². The van der Waals surface area contributed by atoms with Gasteiger partial charge in [0, 0.05) is 30.6 Å². The van der Waals surface area contributed by atoms with Crippen molar-refractivity contribution in [3.63, 3.8) is 0 Å². The molecule has 0 aliphatic carbocycles. The van der Waals surface area contributed by atoms with Gasteiger partial charge in [-0.3, -0.25) is 9.69 Å².